The smallest absolute Gasteiger partial charge is 0.407 e. The molecule has 1 atom stereocenters. The zero-order valence-corrected chi connectivity index (χ0v) is 17.5. The topological polar surface area (TPSA) is 212 Å². The Morgan fingerprint density at radius 2 is 1.68 bits per heavy atom. The molecule has 174 valence electrons. The van der Waals surface area contributed by atoms with Gasteiger partial charge in [0.2, 0.25) is 10.0 Å². The quantitative estimate of drug-likeness (QED) is 0.176. The van der Waals surface area contributed by atoms with E-state index in [-0.39, 0.29) is 25.3 Å². The van der Waals surface area contributed by atoms with Crippen LogP contribution in [-0.2, 0) is 19.6 Å². The molecule has 8 N–H and O–H groups in total. The number of aliphatic carboxylic acids is 1. The normalized spacial score (nSPS) is 11.9. The largest absolute Gasteiger partial charge is 0.492 e. The molecule has 0 aliphatic carbocycles. The van der Waals surface area contributed by atoms with E-state index in [1.54, 1.807) is 12.1 Å². The number of benzene rings is 1. The lowest BCUT2D eigenvalue weighted by atomic mass is 10.2. The van der Waals surface area contributed by atoms with Crippen LogP contribution in [0.1, 0.15) is 10.4 Å². The Kier molecular flexibility index (Phi) is 11.3. The molecule has 1 aromatic rings. The van der Waals surface area contributed by atoms with Gasteiger partial charge in [-0.2, -0.15) is 4.72 Å². The number of sulfonamides is 1. The predicted molar refractivity (Wildman–Crippen MR) is 110 cm³/mol. The van der Waals surface area contributed by atoms with Crippen molar-refractivity contribution in [1.29, 1.82) is 0 Å². The van der Waals surface area contributed by atoms with Crippen molar-refractivity contribution in [2.24, 2.45) is 11.5 Å². The number of nitrogens with one attached hydrogen (secondary N) is 3. The Hall–Kier alpha value is -2.94. The van der Waals surface area contributed by atoms with Crippen molar-refractivity contribution in [3.63, 3.8) is 0 Å². The second-order valence-electron chi connectivity index (χ2n) is 6.05. The lowest BCUT2D eigenvalue weighted by Gasteiger charge is -2.16. The van der Waals surface area contributed by atoms with Crippen molar-refractivity contribution in [2.45, 2.75) is 6.04 Å². The predicted octanol–water partition coefficient (Wildman–Crippen LogP) is -2.19. The fourth-order valence-corrected chi connectivity index (χ4v) is 3.23. The minimum absolute atomic E-state index is 0.0267. The molecule has 0 saturated heterocycles. The summed E-state index contributed by atoms with van der Waals surface area (Å²) in [6.07, 6.45) is -0.845. The highest BCUT2D eigenvalue weighted by atomic mass is 32.2. The van der Waals surface area contributed by atoms with Crippen molar-refractivity contribution < 1.29 is 37.4 Å². The highest BCUT2D eigenvalue weighted by molar-refractivity contribution is 7.89. The van der Waals surface area contributed by atoms with Gasteiger partial charge in [-0.05, 0) is 24.3 Å². The monoisotopic (exact) mass is 461 g/mol. The molecule has 0 spiro atoms. The highest BCUT2D eigenvalue weighted by Gasteiger charge is 2.25. The van der Waals surface area contributed by atoms with Gasteiger partial charge in [0.05, 0.1) is 5.75 Å². The average molecular weight is 461 g/mol. The summed E-state index contributed by atoms with van der Waals surface area (Å²) in [5.41, 5.74) is 10.7. The molecule has 0 bridgehead atoms. The van der Waals surface area contributed by atoms with Crippen LogP contribution in [0.3, 0.4) is 0 Å². The second-order valence-corrected chi connectivity index (χ2v) is 7.92. The van der Waals surface area contributed by atoms with Crippen LogP contribution in [0, 0.1) is 0 Å². The van der Waals surface area contributed by atoms with E-state index in [0.717, 1.165) is 0 Å². The first kappa shape index (κ1) is 26.1. The number of carbonyl (C=O) groups excluding carboxylic acids is 2. The molecule has 0 heterocycles. The standard InChI is InChI=1S/C17H27N5O8S/c18-5-8-29-13-3-1-12(2-4-13)15(23)21-11-14(16(24)25)22-31(27,28)10-7-20-17(26)30-9-6-19/h1-4,14,22H,5-11,18-19H2,(H,20,26)(H,21,23)(H,24,25)/t14-/m0/s1. The Labute approximate surface area is 179 Å². The molecular formula is C17H27N5O8S. The lowest BCUT2D eigenvalue weighted by molar-refractivity contribution is -0.138. The molecule has 0 aromatic heterocycles. The van der Waals surface area contributed by atoms with Crippen LogP contribution in [0.2, 0.25) is 0 Å². The molecule has 0 aliphatic rings. The zero-order chi connectivity index (χ0) is 23.3. The summed E-state index contributed by atoms with van der Waals surface area (Å²) in [4.78, 5) is 34.8. The summed E-state index contributed by atoms with van der Waals surface area (Å²) in [7, 11) is -4.07. The first-order chi connectivity index (χ1) is 14.7. The number of hydrogen-bond donors (Lipinski definition) is 6. The van der Waals surface area contributed by atoms with Gasteiger partial charge in [-0.3, -0.25) is 9.59 Å². The van der Waals surface area contributed by atoms with Gasteiger partial charge in [0, 0.05) is 31.7 Å². The molecule has 14 heteroatoms. The SMILES string of the molecule is NCCOC(=O)NCCS(=O)(=O)N[C@@H](CNC(=O)c1ccc(OCCN)cc1)C(=O)O. The Balaban J connectivity index is 2.55. The number of hydrogen-bond acceptors (Lipinski definition) is 9. The van der Waals surface area contributed by atoms with Crippen molar-refractivity contribution in [3.8, 4) is 5.75 Å². The van der Waals surface area contributed by atoms with E-state index < -0.39 is 46.3 Å². The van der Waals surface area contributed by atoms with Gasteiger partial charge in [0.1, 0.15) is 25.0 Å². The summed E-state index contributed by atoms with van der Waals surface area (Å²) < 4.78 is 36.0. The maximum Gasteiger partial charge on any atom is 0.407 e. The molecule has 0 fully saturated rings. The van der Waals surface area contributed by atoms with Crippen molar-refractivity contribution in [3.05, 3.63) is 29.8 Å². The molecule has 2 amide bonds. The number of carbonyl (C=O) groups is 3. The average Bonchev–Trinajstić information content (AvgIpc) is 2.73. The first-order valence-corrected chi connectivity index (χ1v) is 10.9. The van der Waals surface area contributed by atoms with Gasteiger partial charge in [0.15, 0.2) is 0 Å². The Bertz CT molecular complexity index is 831. The van der Waals surface area contributed by atoms with E-state index in [0.29, 0.717) is 18.9 Å². The highest BCUT2D eigenvalue weighted by Crippen LogP contribution is 2.11. The van der Waals surface area contributed by atoms with E-state index in [2.05, 4.69) is 15.4 Å². The number of ether oxygens (including phenoxy) is 2. The minimum Gasteiger partial charge on any atom is -0.492 e. The first-order valence-electron chi connectivity index (χ1n) is 9.23. The molecule has 0 unspecified atom stereocenters. The summed E-state index contributed by atoms with van der Waals surface area (Å²) >= 11 is 0. The maximum atomic E-state index is 12.2. The van der Waals surface area contributed by atoms with Crippen LogP contribution >= 0.6 is 0 Å². The van der Waals surface area contributed by atoms with E-state index in [1.165, 1.54) is 12.1 Å². The van der Waals surface area contributed by atoms with Gasteiger partial charge >= 0.3 is 12.1 Å². The molecule has 0 radical (unpaired) electrons. The zero-order valence-electron chi connectivity index (χ0n) is 16.7. The van der Waals surface area contributed by atoms with Gasteiger partial charge in [-0.15, -0.1) is 0 Å². The minimum atomic E-state index is -4.07. The van der Waals surface area contributed by atoms with Crippen LogP contribution < -0.4 is 31.6 Å². The molecule has 31 heavy (non-hydrogen) atoms. The lowest BCUT2D eigenvalue weighted by Crippen LogP contribution is -2.49. The second kappa shape index (κ2) is 13.4. The Morgan fingerprint density at radius 1 is 1.03 bits per heavy atom. The van der Waals surface area contributed by atoms with Crippen LogP contribution in [-0.4, -0.2) is 82.7 Å². The van der Waals surface area contributed by atoms with E-state index in [9.17, 15) is 27.9 Å². The van der Waals surface area contributed by atoms with Gasteiger partial charge in [0.25, 0.3) is 5.91 Å². The fourth-order valence-electron chi connectivity index (χ4n) is 2.12. The number of carboxylic acids is 1. The molecule has 1 rings (SSSR count). The summed E-state index contributed by atoms with van der Waals surface area (Å²) in [5.74, 6) is -2.16. The molecule has 0 aliphatic heterocycles. The third-order valence-corrected chi connectivity index (χ3v) is 4.97. The maximum absolute atomic E-state index is 12.2. The van der Waals surface area contributed by atoms with Gasteiger partial charge in [-0.1, -0.05) is 0 Å². The van der Waals surface area contributed by atoms with Crippen LogP contribution in [0.4, 0.5) is 4.79 Å². The third-order valence-electron chi connectivity index (χ3n) is 3.58. The third kappa shape index (κ3) is 10.6. The van der Waals surface area contributed by atoms with Crippen molar-refractivity contribution >= 4 is 28.0 Å². The van der Waals surface area contributed by atoms with Crippen LogP contribution in [0.5, 0.6) is 5.75 Å². The van der Waals surface area contributed by atoms with Crippen LogP contribution in [0.15, 0.2) is 24.3 Å². The Morgan fingerprint density at radius 3 is 2.26 bits per heavy atom. The molecular weight excluding hydrogens is 434 g/mol. The molecule has 1 aromatic carbocycles. The van der Waals surface area contributed by atoms with Gasteiger partial charge in [-0.25, -0.2) is 13.2 Å². The van der Waals surface area contributed by atoms with E-state index >= 15 is 0 Å². The van der Waals surface area contributed by atoms with Crippen molar-refractivity contribution in [1.82, 2.24) is 15.4 Å². The number of amides is 2. The van der Waals surface area contributed by atoms with E-state index in [1.807, 2.05) is 4.72 Å². The molecule has 0 saturated carbocycles. The summed E-state index contributed by atoms with van der Waals surface area (Å²) in [5, 5.41) is 13.8. The summed E-state index contributed by atoms with van der Waals surface area (Å²) in [6, 6.07) is 4.43. The van der Waals surface area contributed by atoms with Crippen LogP contribution in [0.25, 0.3) is 0 Å². The molecule has 13 nitrogen and oxygen atoms in total. The number of nitrogens with two attached hydrogens (primary N) is 2. The number of carboxylic acid groups (broad SMARTS) is 1. The van der Waals surface area contributed by atoms with E-state index in [4.69, 9.17) is 16.2 Å². The number of rotatable bonds is 14. The van der Waals surface area contributed by atoms with Gasteiger partial charge < -0.3 is 36.7 Å². The van der Waals surface area contributed by atoms with Crippen molar-refractivity contribution in [2.75, 3.05) is 45.1 Å². The summed E-state index contributed by atoms with van der Waals surface area (Å²) in [6.45, 7) is -0.0626. The fraction of sp³-hybridized carbons (Fsp3) is 0.471. The number of alkyl carbamates (subject to hydrolysis) is 1.